The van der Waals surface area contributed by atoms with Crippen LogP contribution in [0, 0.1) is 18.3 Å². The minimum absolute atomic E-state index is 0.0586. The Morgan fingerprint density at radius 3 is 2.51 bits per heavy atom. The van der Waals surface area contributed by atoms with Crippen LogP contribution >= 0.6 is 11.6 Å². The first-order chi connectivity index (χ1) is 17.7. The standard InChI is InChI=1S/C27H27ClN6O3/c1-18(2)33(4)27(36)32-26(34(17-35)16-20-5-8-22(28)9-6-20)31-23-10-11-24(19(3)13-23)37-25-12-7-21(14-29)15-30-25/h5-13,15,17-18H,16H2,1-4H3,(H,31,32,36). The van der Waals surface area contributed by atoms with Crippen LogP contribution in [0.25, 0.3) is 0 Å². The predicted molar refractivity (Wildman–Crippen MR) is 142 cm³/mol. The number of nitriles is 1. The van der Waals surface area contributed by atoms with E-state index in [1.165, 1.54) is 16.0 Å². The lowest BCUT2D eigenvalue weighted by Crippen LogP contribution is -2.49. The van der Waals surface area contributed by atoms with Gasteiger partial charge in [0.2, 0.25) is 18.2 Å². The van der Waals surface area contributed by atoms with Gasteiger partial charge in [-0.2, -0.15) is 5.26 Å². The van der Waals surface area contributed by atoms with Crippen molar-refractivity contribution in [2.24, 2.45) is 4.99 Å². The van der Waals surface area contributed by atoms with Gasteiger partial charge in [-0.15, -0.1) is 0 Å². The third kappa shape index (κ3) is 7.53. The van der Waals surface area contributed by atoms with E-state index < -0.39 is 6.03 Å². The van der Waals surface area contributed by atoms with Crippen molar-refractivity contribution in [3.63, 3.8) is 0 Å². The molecule has 2 aromatic carbocycles. The number of guanidine groups is 1. The van der Waals surface area contributed by atoms with E-state index in [0.29, 0.717) is 34.3 Å². The van der Waals surface area contributed by atoms with Crippen molar-refractivity contribution in [1.29, 1.82) is 5.26 Å². The fourth-order valence-corrected chi connectivity index (χ4v) is 3.22. The Bertz CT molecular complexity index is 1320. The van der Waals surface area contributed by atoms with Gasteiger partial charge in [0.1, 0.15) is 11.8 Å². The van der Waals surface area contributed by atoms with Crippen LogP contribution < -0.4 is 10.1 Å². The Labute approximate surface area is 221 Å². The Hall–Kier alpha value is -4.42. The van der Waals surface area contributed by atoms with Crippen LogP contribution in [-0.4, -0.2) is 46.3 Å². The highest BCUT2D eigenvalue weighted by Crippen LogP contribution is 2.28. The smallest absolute Gasteiger partial charge is 0.324 e. The number of aliphatic imine (C=N–C) groups is 1. The molecule has 1 N–H and O–H groups in total. The number of halogens is 1. The van der Waals surface area contributed by atoms with Gasteiger partial charge >= 0.3 is 6.03 Å². The van der Waals surface area contributed by atoms with Crippen LogP contribution in [0.5, 0.6) is 11.6 Å². The summed E-state index contributed by atoms with van der Waals surface area (Å²) < 4.78 is 5.83. The summed E-state index contributed by atoms with van der Waals surface area (Å²) in [5, 5.41) is 12.3. The van der Waals surface area contributed by atoms with Gasteiger partial charge in [-0.1, -0.05) is 23.7 Å². The fraction of sp³-hybridized carbons (Fsp3) is 0.222. The fourth-order valence-electron chi connectivity index (χ4n) is 3.09. The molecular formula is C27H27ClN6O3. The SMILES string of the molecule is Cc1cc(N=C(NC(=O)N(C)C(C)C)N(C=O)Cc2ccc(Cl)cc2)ccc1Oc1ccc(C#N)cn1. The number of rotatable bonds is 7. The molecule has 0 bridgehead atoms. The molecule has 0 saturated carbocycles. The van der Waals surface area contributed by atoms with Gasteiger partial charge in [0.25, 0.3) is 0 Å². The van der Waals surface area contributed by atoms with Gasteiger partial charge in [0, 0.05) is 30.4 Å². The summed E-state index contributed by atoms with van der Waals surface area (Å²) in [5.41, 5.74) is 2.51. The number of urea groups is 1. The molecule has 0 saturated heterocycles. The molecule has 0 spiro atoms. The van der Waals surface area contributed by atoms with Crippen molar-refractivity contribution >= 4 is 35.7 Å². The van der Waals surface area contributed by atoms with Gasteiger partial charge in [-0.05, 0) is 68.3 Å². The second-order valence-corrected chi connectivity index (χ2v) is 8.92. The number of carbonyl (C=O) groups excluding carboxylic acids is 2. The molecule has 0 fully saturated rings. The zero-order valence-electron chi connectivity index (χ0n) is 21.0. The van der Waals surface area contributed by atoms with Crippen molar-refractivity contribution < 1.29 is 14.3 Å². The molecule has 190 valence electrons. The molecule has 0 aliphatic rings. The molecule has 3 amide bonds. The maximum absolute atomic E-state index is 12.8. The number of aromatic nitrogens is 1. The summed E-state index contributed by atoms with van der Waals surface area (Å²) in [6.07, 6.45) is 2.05. The van der Waals surface area contributed by atoms with Crippen molar-refractivity contribution in [2.45, 2.75) is 33.4 Å². The molecule has 3 rings (SSSR count). The second kappa shape index (κ2) is 12.5. The van der Waals surface area contributed by atoms with Crippen molar-refractivity contribution in [2.75, 3.05) is 7.05 Å². The van der Waals surface area contributed by atoms with Crippen molar-refractivity contribution in [1.82, 2.24) is 20.1 Å². The number of ether oxygens (including phenoxy) is 1. The third-order valence-corrected chi connectivity index (χ3v) is 5.70. The summed E-state index contributed by atoms with van der Waals surface area (Å²) >= 11 is 5.98. The first-order valence-electron chi connectivity index (χ1n) is 11.4. The van der Waals surface area contributed by atoms with E-state index in [2.05, 4.69) is 15.3 Å². The van der Waals surface area contributed by atoms with Crippen LogP contribution in [0.15, 0.2) is 65.8 Å². The number of hydrogen-bond donors (Lipinski definition) is 1. The predicted octanol–water partition coefficient (Wildman–Crippen LogP) is 5.40. The van der Waals surface area contributed by atoms with Crippen LogP contribution in [0.3, 0.4) is 0 Å². The molecule has 1 aromatic heterocycles. The summed E-state index contributed by atoms with van der Waals surface area (Å²) in [7, 11) is 1.66. The Morgan fingerprint density at radius 1 is 1.22 bits per heavy atom. The maximum atomic E-state index is 12.8. The molecule has 9 nitrogen and oxygen atoms in total. The third-order valence-electron chi connectivity index (χ3n) is 5.45. The van der Waals surface area contributed by atoms with E-state index in [-0.39, 0.29) is 18.5 Å². The highest BCUT2D eigenvalue weighted by molar-refractivity contribution is 6.30. The Balaban J connectivity index is 1.90. The summed E-state index contributed by atoms with van der Waals surface area (Å²) in [4.78, 5) is 36.4. The largest absolute Gasteiger partial charge is 0.439 e. The minimum Gasteiger partial charge on any atom is -0.439 e. The molecule has 0 atom stereocenters. The number of pyridine rings is 1. The molecule has 10 heteroatoms. The van der Waals surface area contributed by atoms with E-state index in [9.17, 15) is 9.59 Å². The number of aryl methyl sites for hydroxylation is 1. The van der Waals surface area contributed by atoms with E-state index in [0.717, 1.165) is 11.1 Å². The van der Waals surface area contributed by atoms with Crippen LogP contribution in [-0.2, 0) is 11.3 Å². The van der Waals surface area contributed by atoms with E-state index in [4.69, 9.17) is 21.6 Å². The van der Waals surface area contributed by atoms with Gasteiger partial charge < -0.3 is 9.64 Å². The quantitative estimate of drug-likeness (QED) is 0.255. The minimum atomic E-state index is -0.403. The molecular weight excluding hydrogens is 492 g/mol. The maximum Gasteiger partial charge on any atom is 0.324 e. The zero-order chi connectivity index (χ0) is 26.9. The summed E-state index contributed by atoms with van der Waals surface area (Å²) in [6.45, 7) is 5.78. The van der Waals surface area contributed by atoms with Crippen LogP contribution in [0.2, 0.25) is 5.02 Å². The van der Waals surface area contributed by atoms with E-state index in [1.54, 1.807) is 61.6 Å². The average Bonchev–Trinajstić information content (AvgIpc) is 2.89. The van der Waals surface area contributed by atoms with Crippen LogP contribution in [0.1, 0.15) is 30.5 Å². The molecule has 0 unspecified atom stereocenters. The monoisotopic (exact) mass is 518 g/mol. The number of nitrogens with zero attached hydrogens (tertiary/aromatic N) is 5. The molecule has 0 radical (unpaired) electrons. The molecule has 3 aromatic rings. The van der Waals surface area contributed by atoms with E-state index >= 15 is 0 Å². The highest BCUT2D eigenvalue weighted by Gasteiger charge is 2.19. The second-order valence-electron chi connectivity index (χ2n) is 8.48. The number of nitrogens with one attached hydrogen (secondary N) is 1. The molecule has 0 aliphatic carbocycles. The van der Waals surface area contributed by atoms with Gasteiger partial charge in [-0.3, -0.25) is 15.0 Å². The number of hydrogen-bond acceptors (Lipinski definition) is 6. The van der Waals surface area contributed by atoms with E-state index in [1.807, 2.05) is 26.8 Å². The highest BCUT2D eigenvalue weighted by atomic mass is 35.5. The van der Waals surface area contributed by atoms with Gasteiger partial charge in [0.05, 0.1) is 17.8 Å². The lowest BCUT2D eigenvalue weighted by atomic mass is 10.2. The summed E-state index contributed by atoms with van der Waals surface area (Å²) in [6, 6.07) is 17.0. The molecule has 1 heterocycles. The first kappa shape index (κ1) is 27.2. The van der Waals surface area contributed by atoms with Gasteiger partial charge in [0.15, 0.2) is 0 Å². The Kier molecular flexibility index (Phi) is 9.19. The zero-order valence-corrected chi connectivity index (χ0v) is 21.7. The number of benzene rings is 2. The lowest BCUT2D eigenvalue weighted by molar-refractivity contribution is -0.115. The van der Waals surface area contributed by atoms with Crippen molar-refractivity contribution in [3.8, 4) is 17.7 Å². The molecule has 0 aliphatic heterocycles. The first-order valence-corrected chi connectivity index (χ1v) is 11.8. The summed E-state index contributed by atoms with van der Waals surface area (Å²) in [5.74, 6) is 0.970. The topological polar surface area (TPSA) is 111 Å². The lowest BCUT2D eigenvalue weighted by Gasteiger charge is -2.25. The molecule has 37 heavy (non-hydrogen) atoms. The number of carbonyl (C=O) groups is 2. The Morgan fingerprint density at radius 2 is 1.95 bits per heavy atom. The van der Waals surface area contributed by atoms with Crippen molar-refractivity contribution in [3.05, 3.63) is 82.5 Å². The van der Waals surface area contributed by atoms with Gasteiger partial charge in [-0.25, -0.2) is 14.8 Å². The average molecular weight is 519 g/mol. The number of amides is 3. The van der Waals surface area contributed by atoms with Crippen LogP contribution in [0.4, 0.5) is 10.5 Å². The normalized spacial score (nSPS) is 11.0.